The van der Waals surface area contributed by atoms with Crippen LogP contribution in [0, 0.1) is 0 Å². The number of rotatable bonds is 84. The van der Waals surface area contributed by atoms with Crippen LogP contribution in [0.5, 0.6) is 0 Å². The van der Waals surface area contributed by atoms with Gasteiger partial charge in [0.05, 0.1) is 6.04 Å². The first-order chi connectivity index (χ1) is 46.5. The van der Waals surface area contributed by atoms with Gasteiger partial charge in [-0.3, -0.25) is 19.6 Å². The van der Waals surface area contributed by atoms with Crippen molar-refractivity contribution in [1.82, 2.24) is 19.6 Å². The van der Waals surface area contributed by atoms with E-state index in [-0.39, 0.29) is 5.79 Å². The molecule has 1 atom stereocenters. The molecule has 0 bridgehead atoms. The molecular formula is C90H186N4. The maximum atomic E-state index is 3.46. The maximum absolute atomic E-state index is 3.46. The van der Waals surface area contributed by atoms with Gasteiger partial charge in [-0.1, -0.05) is 460 Å². The largest absolute Gasteiger partial charge is 0.296 e. The fourth-order valence-corrected chi connectivity index (χ4v) is 16.2. The summed E-state index contributed by atoms with van der Waals surface area (Å²) in [5, 5.41) is 0. The predicted octanol–water partition coefficient (Wildman–Crippen LogP) is 31.1. The Bertz CT molecular complexity index is 1160. The second kappa shape index (κ2) is 78.6. The lowest BCUT2D eigenvalue weighted by Gasteiger charge is -2.62. The van der Waals surface area contributed by atoms with Gasteiger partial charge in [-0.05, 0) is 70.9 Å². The molecule has 0 heterocycles. The van der Waals surface area contributed by atoms with Crippen molar-refractivity contribution in [3.8, 4) is 0 Å². The van der Waals surface area contributed by atoms with Gasteiger partial charge >= 0.3 is 0 Å². The Labute approximate surface area is 598 Å². The summed E-state index contributed by atoms with van der Waals surface area (Å²) in [6, 6.07) is 0.530. The van der Waals surface area contributed by atoms with Crippen molar-refractivity contribution in [3.05, 3.63) is 0 Å². The Balaban J connectivity index is 9.06. The first-order valence-corrected chi connectivity index (χ1v) is 45.5. The smallest absolute Gasteiger partial charge is 0.147 e. The number of nitrogens with zero attached hydrogens (tertiary/aromatic N) is 4. The molecule has 0 aliphatic heterocycles. The Kier molecular flexibility index (Phi) is 78.4. The second-order valence-corrected chi connectivity index (χ2v) is 31.6. The van der Waals surface area contributed by atoms with Crippen molar-refractivity contribution in [2.75, 3.05) is 52.4 Å². The van der Waals surface area contributed by atoms with Crippen LogP contribution in [0.3, 0.4) is 0 Å². The van der Waals surface area contributed by atoms with Crippen molar-refractivity contribution in [2.24, 2.45) is 0 Å². The minimum atomic E-state index is -0.101. The van der Waals surface area contributed by atoms with E-state index in [9.17, 15) is 0 Å². The quantitative estimate of drug-likeness (QED) is 0.0444. The summed E-state index contributed by atoms with van der Waals surface area (Å²) in [7, 11) is 0. The van der Waals surface area contributed by atoms with E-state index in [1.807, 2.05) is 0 Å². The average molecular weight is 1320 g/mol. The average Bonchev–Trinajstić information content (AvgIpc) is 0.743. The standard InChI is InChI=1S/C90H186N4/c1-10-19-28-37-46-54-63-72-81-91(82-73-64-55-47-38-29-20-11-2)89(80-71-62-45-36-27-18-9)90(92(83-74-65-56-48-39-30-21-12-3)84-75-66-57-49-40-31-22-13-4,93(85-76-67-58-50-41-32-23-14-5)86-77-68-59-51-42-33-24-15-6)94(87-78-69-60-52-43-34-25-16-7)88-79-70-61-53-44-35-26-17-8/h89H,10-88H2,1-9H3. The Morgan fingerprint density at radius 3 is 0.436 bits per heavy atom. The van der Waals surface area contributed by atoms with E-state index in [1.54, 1.807) is 0 Å². The first kappa shape index (κ1) is 93.8. The Morgan fingerprint density at radius 2 is 0.277 bits per heavy atom. The van der Waals surface area contributed by atoms with Crippen LogP contribution in [0.25, 0.3) is 0 Å². The Morgan fingerprint density at radius 1 is 0.149 bits per heavy atom. The van der Waals surface area contributed by atoms with Crippen LogP contribution in [0.4, 0.5) is 0 Å². The minimum Gasteiger partial charge on any atom is -0.296 e. The molecule has 0 N–H and O–H groups in total. The third-order valence-electron chi connectivity index (χ3n) is 22.4. The summed E-state index contributed by atoms with van der Waals surface area (Å²) < 4.78 is 0. The van der Waals surface area contributed by atoms with Gasteiger partial charge in [-0.25, -0.2) is 0 Å². The number of hydrogen-bond acceptors (Lipinski definition) is 4. The van der Waals surface area contributed by atoms with Crippen LogP contribution in [0.1, 0.15) is 518 Å². The molecule has 0 rings (SSSR count). The maximum Gasteiger partial charge on any atom is 0.147 e. The molecule has 0 saturated heterocycles. The summed E-state index contributed by atoms with van der Waals surface area (Å²) in [6.07, 6.45) is 101. The van der Waals surface area contributed by atoms with Gasteiger partial charge in [0.1, 0.15) is 5.79 Å². The highest BCUT2D eigenvalue weighted by Crippen LogP contribution is 2.40. The van der Waals surface area contributed by atoms with E-state index in [1.165, 1.54) is 508 Å². The molecule has 0 aromatic heterocycles. The molecule has 0 saturated carbocycles. The summed E-state index contributed by atoms with van der Waals surface area (Å²) in [5.74, 6) is -0.101. The fraction of sp³-hybridized carbons (Fsp3) is 1.00. The number of hydrogen-bond donors (Lipinski definition) is 0. The molecule has 1 unspecified atom stereocenters. The summed E-state index contributed by atoms with van der Waals surface area (Å²) >= 11 is 0. The molecule has 566 valence electrons. The summed E-state index contributed by atoms with van der Waals surface area (Å²) in [6.45, 7) is 32.1. The van der Waals surface area contributed by atoms with Crippen molar-refractivity contribution in [3.63, 3.8) is 0 Å². The molecule has 94 heavy (non-hydrogen) atoms. The summed E-state index contributed by atoms with van der Waals surface area (Å²) in [4.78, 5) is 13.8. The topological polar surface area (TPSA) is 13.0 Å². The van der Waals surface area contributed by atoms with Crippen molar-refractivity contribution < 1.29 is 0 Å². The van der Waals surface area contributed by atoms with Gasteiger partial charge in [0.25, 0.3) is 0 Å². The molecule has 0 aliphatic rings. The fourth-order valence-electron chi connectivity index (χ4n) is 16.2. The van der Waals surface area contributed by atoms with E-state index in [0.717, 1.165) is 0 Å². The van der Waals surface area contributed by atoms with Crippen molar-refractivity contribution in [1.29, 1.82) is 0 Å². The monoisotopic (exact) mass is 1320 g/mol. The zero-order valence-corrected chi connectivity index (χ0v) is 67.7. The van der Waals surface area contributed by atoms with Crippen LogP contribution < -0.4 is 0 Å². The molecule has 0 aliphatic carbocycles. The van der Waals surface area contributed by atoms with E-state index >= 15 is 0 Å². The molecule has 0 aromatic rings. The van der Waals surface area contributed by atoms with Gasteiger partial charge in [0.2, 0.25) is 0 Å². The van der Waals surface area contributed by atoms with Gasteiger partial charge in [-0.2, -0.15) is 0 Å². The van der Waals surface area contributed by atoms with Gasteiger partial charge < -0.3 is 0 Å². The molecular weight excluding hydrogens is 1140 g/mol. The van der Waals surface area contributed by atoms with E-state index in [0.29, 0.717) is 6.04 Å². The van der Waals surface area contributed by atoms with Gasteiger partial charge in [0.15, 0.2) is 0 Å². The normalized spacial score (nSPS) is 12.6. The minimum absolute atomic E-state index is 0.101. The van der Waals surface area contributed by atoms with Crippen LogP contribution in [-0.2, 0) is 0 Å². The molecule has 0 spiro atoms. The summed E-state index contributed by atoms with van der Waals surface area (Å²) in [5.41, 5.74) is 0. The number of unbranched alkanes of at least 4 members (excludes halogenated alkanes) is 61. The zero-order chi connectivity index (χ0) is 68.2. The first-order valence-electron chi connectivity index (χ1n) is 45.5. The highest BCUT2D eigenvalue weighted by molar-refractivity contribution is 5.02. The zero-order valence-electron chi connectivity index (χ0n) is 67.7. The molecule has 0 radical (unpaired) electrons. The lowest BCUT2D eigenvalue weighted by Crippen LogP contribution is -2.78. The SMILES string of the molecule is CCCCCCCCCCN(CCCCCCCCCC)C(CCCCCCCC)C(N(CCCCCCCCCC)CCCCCCCCCC)(N(CCCCCCCCCC)CCCCCCCCCC)N(CCCCCCCCCC)CCCCCCCCCC. The van der Waals surface area contributed by atoms with Crippen LogP contribution in [0.15, 0.2) is 0 Å². The third kappa shape index (κ3) is 56.5. The molecule has 4 nitrogen and oxygen atoms in total. The highest BCUT2D eigenvalue weighted by atomic mass is 15.6. The lowest BCUT2D eigenvalue weighted by atomic mass is 9.90. The van der Waals surface area contributed by atoms with Crippen molar-refractivity contribution >= 4 is 0 Å². The highest BCUT2D eigenvalue weighted by Gasteiger charge is 2.53. The van der Waals surface area contributed by atoms with Crippen LogP contribution in [0.2, 0.25) is 0 Å². The Hall–Kier alpha value is -0.160. The molecule has 4 heteroatoms. The van der Waals surface area contributed by atoms with Gasteiger partial charge in [-0.15, -0.1) is 0 Å². The van der Waals surface area contributed by atoms with Gasteiger partial charge in [0, 0.05) is 39.3 Å². The predicted molar refractivity (Wildman–Crippen MR) is 432 cm³/mol. The second-order valence-electron chi connectivity index (χ2n) is 31.6. The van der Waals surface area contributed by atoms with E-state index in [4.69, 9.17) is 0 Å². The molecule has 0 fully saturated rings. The van der Waals surface area contributed by atoms with Crippen LogP contribution in [-0.4, -0.2) is 83.8 Å². The molecule has 0 amide bonds. The van der Waals surface area contributed by atoms with E-state index in [2.05, 4.69) is 81.9 Å². The third-order valence-corrected chi connectivity index (χ3v) is 22.4. The van der Waals surface area contributed by atoms with Crippen molar-refractivity contribution in [2.45, 2.75) is 530 Å². The van der Waals surface area contributed by atoms with Crippen LogP contribution >= 0.6 is 0 Å². The lowest BCUT2D eigenvalue weighted by molar-refractivity contribution is -0.216. The van der Waals surface area contributed by atoms with E-state index < -0.39 is 0 Å². The molecule has 0 aromatic carbocycles.